The van der Waals surface area contributed by atoms with Gasteiger partial charge in [-0.15, -0.1) is 4.91 Å². The van der Waals surface area contributed by atoms with E-state index < -0.39 is 5.91 Å². The number of hydrogen-bond acceptors (Lipinski definition) is 4. The quantitative estimate of drug-likeness (QED) is 0.520. The van der Waals surface area contributed by atoms with Crippen molar-refractivity contribution < 1.29 is 14.6 Å². The first-order valence-corrected chi connectivity index (χ1v) is 9.55. The highest BCUT2D eigenvalue weighted by Crippen LogP contribution is 2.25. The summed E-state index contributed by atoms with van der Waals surface area (Å²) in [6.07, 6.45) is 1.54. The van der Waals surface area contributed by atoms with Gasteiger partial charge in [0.15, 0.2) is 0 Å². The van der Waals surface area contributed by atoms with Gasteiger partial charge < -0.3 is 9.84 Å². The Bertz CT molecular complexity index is 967. The van der Waals surface area contributed by atoms with Crippen molar-refractivity contribution in [3.05, 3.63) is 94.4 Å². The largest absolute Gasteiger partial charge is 0.489 e. The summed E-state index contributed by atoms with van der Waals surface area (Å²) in [5, 5.41) is 11.7. The van der Waals surface area contributed by atoms with Crippen LogP contribution in [0.1, 0.15) is 29.5 Å². The van der Waals surface area contributed by atoms with Gasteiger partial charge in [0, 0.05) is 11.6 Å². The summed E-state index contributed by atoms with van der Waals surface area (Å²) in [7, 11) is 0. The number of hydrogen-bond donors (Lipinski definition) is 1. The van der Waals surface area contributed by atoms with Crippen LogP contribution in [0.15, 0.2) is 78.0 Å². The Balaban J connectivity index is 1.61. The van der Waals surface area contributed by atoms with E-state index in [0.29, 0.717) is 13.0 Å². The Labute approximate surface area is 169 Å². The van der Waals surface area contributed by atoms with Crippen LogP contribution in [0.2, 0.25) is 0 Å². The van der Waals surface area contributed by atoms with E-state index in [1.54, 1.807) is 0 Å². The van der Waals surface area contributed by atoms with Crippen LogP contribution in [0.5, 0.6) is 5.75 Å². The highest BCUT2D eigenvalue weighted by atomic mass is 16.5. The lowest BCUT2D eigenvalue weighted by Crippen LogP contribution is -1.97. The second-order valence-electron chi connectivity index (χ2n) is 6.83. The number of carbonyl (C=O) groups excluding carboxylic acids is 1. The third-order valence-electron chi connectivity index (χ3n) is 4.66. The topological polar surface area (TPSA) is 76.0 Å². The van der Waals surface area contributed by atoms with E-state index in [1.807, 2.05) is 72.8 Å². The van der Waals surface area contributed by atoms with Gasteiger partial charge in [0.2, 0.25) is 0 Å². The fraction of sp³-hybridized carbons (Fsp3) is 0.208. The van der Waals surface area contributed by atoms with E-state index in [0.717, 1.165) is 40.0 Å². The fourth-order valence-corrected chi connectivity index (χ4v) is 3.10. The van der Waals surface area contributed by atoms with E-state index in [2.05, 4.69) is 5.18 Å². The predicted octanol–water partition coefficient (Wildman–Crippen LogP) is 5.04. The first-order valence-electron chi connectivity index (χ1n) is 9.55. The Kier molecular flexibility index (Phi) is 7.25. The molecule has 0 atom stereocenters. The summed E-state index contributed by atoms with van der Waals surface area (Å²) >= 11 is 0. The van der Waals surface area contributed by atoms with Crippen LogP contribution in [0.4, 0.5) is 0 Å². The van der Waals surface area contributed by atoms with Crippen molar-refractivity contribution in [3.8, 4) is 16.9 Å². The highest BCUT2D eigenvalue weighted by molar-refractivity contribution is 5.76. The number of nitroso groups, excluding NO2 is 1. The van der Waals surface area contributed by atoms with Gasteiger partial charge in [-0.2, -0.15) is 0 Å². The molecule has 5 heteroatoms. The van der Waals surface area contributed by atoms with Crippen molar-refractivity contribution in [1.82, 2.24) is 0 Å². The molecule has 0 bridgehead atoms. The molecule has 3 aromatic rings. The molecule has 0 saturated carbocycles. The smallest absolute Gasteiger partial charge is 0.286 e. The summed E-state index contributed by atoms with van der Waals surface area (Å²) in [4.78, 5) is 21.1. The number of benzene rings is 3. The fourth-order valence-electron chi connectivity index (χ4n) is 3.10. The lowest BCUT2D eigenvalue weighted by molar-refractivity contribution is -0.118. The Hall–Kier alpha value is -3.31. The van der Waals surface area contributed by atoms with E-state index in [-0.39, 0.29) is 13.0 Å². The van der Waals surface area contributed by atoms with Crippen LogP contribution in [-0.2, 0) is 24.4 Å². The first kappa shape index (κ1) is 20.4. The van der Waals surface area contributed by atoms with Gasteiger partial charge in [-0.3, -0.25) is 4.79 Å². The molecule has 0 radical (unpaired) electrons. The average Bonchev–Trinajstić information content (AvgIpc) is 2.78. The Morgan fingerprint density at radius 1 is 0.862 bits per heavy atom. The van der Waals surface area contributed by atoms with Crippen LogP contribution in [0.25, 0.3) is 11.1 Å². The maximum Gasteiger partial charge on any atom is 0.286 e. The van der Waals surface area contributed by atoms with Crippen LogP contribution >= 0.6 is 0 Å². The lowest BCUT2D eigenvalue weighted by Gasteiger charge is -2.10. The molecule has 5 nitrogen and oxygen atoms in total. The number of rotatable bonds is 9. The van der Waals surface area contributed by atoms with Gasteiger partial charge in [-0.05, 0) is 52.8 Å². The maximum atomic E-state index is 10.9. The SMILES string of the molecule is O=NC(=O)CCCc1ccc(-c2cccc(OCc3cccc(CO)c3)c2)cc1. The third kappa shape index (κ3) is 6.09. The van der Waals surface area contributed by atoms with Gasteiger partial charge in [-0.25, -0.2) is 0 Å². The minimum atomic E-state index is -0.596. The Morgan fingerprint density at radius 2 is 1.62 bits per heavy atom. The third-order valence-corrected chi connectivity index (χ3v) is 4.66. The molecule has 0 aliphatic carbocycles. The average molecular weight is 389 g/mol. The van der Waals surface area contributed by atoms with Crippen LogP contribution in [0.3, 0.4) is 0 Å². The van der Waals surface area contributed by atoms with Crippen molar-refractivity contribution in [2.45, 2.75) is 32.5 Å². The molecule has 0 aliphatic rings. The molecule has 3 rings (SSSR count). The molecule has 0 heterocycles. The summed E-state index contributed by atoms with van der Waals surface area (Å²) in [5.74, 6) is 0.183. The normalized spacial score (nSPS) is 10.5. The predicted molar refractivity (Wildman–Crippen MR) is 112 cm³/mol. The van der Waals surface area contributed by atoms with Gasteiger partial charge in [0.25, 0.3) is 5.91 Å². The Morgan fingerprint density at radius 3 is 2.38 bits per heavy atom. The number of aliphatic hydroxyl groups excluding tert-OH is 1. The van der Waals surface area contributed by atoms with Gasteiger partial charge in [0.1, 0.15) is 12.4 Å². The minimum Gasteiger partial charge on any atom is -0.489 e. The molecule has 0 aromatic heterocycles. The molecule has 148 valence electrons. The van der Waals surface area contributed by atoms with Crippen molar-refractivity contribution >= 4 is 5.91 Å². The number of amides is 1. The lowest BCUT2D eigenvalue weighted by atomic mass is 10.0. The summed E-state index contributed by atoms with van der Waals surface area (Å²) in [5.41, 5.74) is 5.12. The standard InChI is InChI=1S/C24H23NO4/c26-16-19-5-1-6-20(14-19)17-29-23-8-3-7-22(15-23)21-12-10-18(11-13-21)4-2-9-24(27)25-28/h1,3,5-8,10-15,26H,2,4,9,16-17H2. The molecular weight excluding hydrogens is 366 g/mol. The van der Waals surface area contributed by atoms with E-state index in [4.69, 9.17) is 4.74 Å². The maximum absolute atomic E-state index is 10.9. The molecule has 0 aliphatic heterocycles. The second kappa shape index (κ2) is 10.3. The zero-order valence-electron chi connectivity index (χ0n) is 16.1. The van der Waals surface area contributed by atoms with Crippen molar-refractivity contribution in [3.63, 3.8) is 0 Å². The molecular formula is C24H23NO4. The van der Waals surface area contributed by atoms with Gasteiger partial charge in [0.05, 0.1) is 6.61 Å². The number of aliphatic hydroxyl groups is 1. The number of carbonyl (C=O) groups is 1. The molecule has 0 saturated heterocycles. The summed E-state index contributed by atoms with van der Waals surface area (Å²) in [6.45, 7) is 0.453. The molecule has 0 unspecified atom stereocenters. The zero-order chi connectivity index (χ0) is 20.5. The summed E-state index contributed by atoms with van der Waals surface area (Å²) in [6, 6.07) is 23.7. The van der Waals surface area contributed by atoms with E-state index in [1.165, 1.54) is 0 Å². The minimum absolute atomic E-state index is 0.0175. The van der Waals surface area contributed by atoms with Crippen LogP contribution in [0, 0.1) is 4.91 Å². The van der Waals surface area contributed by atoms with E-state index >= 15 is 0 Å². The number of nitrogens with zero attached hydrogens (tertiary/aromatic N) is 1. The van der Waals surface area contributed by atoms with Gasteiger partial charge >= 0.3 is 0 Å². The molecule has 0 spiro atoms. The van der Waals surface area contributed by atoms with Crippen LogP contribution in [-0.4, -0.2) is 11.0 Å². The first-order chi connectivity index (χ1) is 14.2. The molecule has 0 fully saturated rings. The number of aryl methyl sites for hydroxylation is 1. The van der Waals surface area contributed by atoms with E-state index in [9.17, 15) is 14.8 Å². The molecule has 29 heavy (non-hydrogen) atoms. The number of ether oxygens (including phenoxy) is 1. The van der Waals surface area contributed by atoms with Gasteiger partial charge in [-0.1, -0.05) is 60.7 Å². The molecule has 1 N–H and O–H groups in total. The second-order valence-corrected chi connectivity index (χ2v) is 6.83. The van der Waals surface area contributed by atoms with Crippen LogP contribution < -0.4 is 4.74 Å². The van der Waals surface area contributed by atoms with Crippen molar-refractivity contribution in [2.75, 3.05) is 0 Å². The summed E-state index contributed by atoms with van der Waals surface area (Å²) < 4.78 is 5.92. The van der Waals surface area contributed by atoms with Crippen molar-refractivity contribution in [2.24, 2.45) is 5.18 Å². The molecule has 1 amide bonds. The zero-order valence-corrected chi connectivity index (χ0v) is 16.1. The monoisotopic (exact) mass is 389 g/mol. The highest BCUT2D eigenvalue weighted by Gasteiger charge is 2.04. The van der Waals surface area contributed by atoms with Crippen molar-refractivity contribution in [1.29, 1.82) is 0 Å². The molecule has 3 aromatic carbocycles.